The zero-order valence-corrected chi connectivity index (χ0v) is 13.0. The number of nitrogens with two attached hydrogens (primary N) is 1. The van der Waals surface area contributed by atoms with Gasteiger partial charge in [0.2, 0.25) is 5.88 Å². The van der Waals surface area contributed by atoms with Gasteiger partial charge in [0, 0.05) is 10.4 Å². The second-order valence-electron chi connectivity index (χ2n) is 4.88. The third kappa shape index (κ3) is 2.40. The van der Waals surface area contributed by atoms with Gasteiger partial charge in [0.1, 0.15) is 11.4 Å². The minimum Gasteiger partial charge on any atom is -0.496 e. The van der Waals surface area contributed by atoms with Crippen LogP contribution < -0.4 is 10.5 Å². The van der Waals surface area contributed by atoms with Crippen molar-refractivity contribution in [2.24, 2.45) is 0 Å². The molecule has 0 atom stereocenters. The van der Waals surface area contributed by atoms with E-state index in [0.717, 1.165) is 33.0 Å². The maximum atomic E-state index is 6.01. The molecule has 0 aliphatic carbocycles. The summed E-state index contributed by atoms with van der Waals surface area (Å²) in [5, 5.41) is 4.14. The molecule has 5 heteroatoms. The summed E-state index contributed by atoms with van der Waals surface area (Å²) in [4.78, 5) is 2.25. The average molecular weight is 300 g/mol. The lowest BCUT2D eigenvalue weighted by Gasteiger charge is -2.09. The van der Waals surface area contributed by atoms with Crippen molar-refractivity contribution in [1.82, 2.24) is 5.16 Å². The molecule has 0 saturated carbocycles. The number of aromatic nitrogens is 1. The van der Waals surface area contributed by atoms with E-state index >= 15 is 0 Å². The Balaban J connectivity index is 2.24. The Hall–Kier alpha value is -2.27. The standard InChI is InChI=1S/C16H16N2O2S/c1-9-4-6-12(19-3)11(8-9)14-15(18-20-16(14)17)13-7-5-10(2)21-13/h4-8H,17H2,1-3H3. The molecule has 2 N–H and O–H groups in total. The fourth-order valence-corrected chi connectivity index (χ4v) is 3.17. The number of rotatable bonds is 3. The quantitative estimate of drug-likeness (QED) is 0.784. The Bertz CT molecular complexity index is 789. The summed E-state index contributed by atoms with van der Waals surface area (Å²) in [5.41, 5.74) is 9.58. The number of methoxy groups -OCH3 is 1. The summed E-state index contributed by atoms with van der Waals surface area (Å²) in [5.74, 6) is 1.06. The highest BCUT2D eigenvalue weighted by Crippen LogP contribution is 2.42. The average Bonchev–Trinajstić information content (AvgIpc) is 3.04. The summed E-state index contributed by atoms with van der Waals surface area (Å²) in [7, 11) is 1.65. The van der Waals surface area contributed by atoms with Gasteiger partial charge in [-0.05, 0) is 38.1 Å². The Morgan fingerprint density at radius 3 is 2.67 bits per heavy atom. The highest BCUT2D eigenvalue weighted by atomic mass is 32.1. The van der Waals surface area contributed by atoms with Crippen molar-refractivity contribution < 1.29 is 9.26 Å². The first kappa shape index (κ1) is 13.7. The van der Waals surface area contributed by atoms with Crippen molar-refractivity contribution >= 4 is 17.2 Å². The Morgan fingerprint density at radius 2 is 2.00 bits per heavy atom. The number of hydrogen-bond acceptors (Lipinski definition) is 5. The van der Waals surface area contributed by atoms with Crippen molar-refractivity contribution in [2.75, 3.05) is 12.8 Å². The number of nitrogen functional groups attached to an aromatic ring is 1. The molecule has 0 fully saturated rings. The van der Waals surface area contributed by atoms with Crippen molar-refractivity contribution in [3.05, 3.63) is 40.8 Å². The molecule has 0 bridgehead atoms. The SMILES string of the molecule is COc1ccc(C)cc1-c1c(-c2ccc(C)s2)noc1N. The van der Waals surface area contributed by atoms with Gasteiger partial charge < -0.3 is 15.0 Å². The van der Waals surface area contributed by atoms with Crippen LogP contribution in [0.2, 0.25) is 0 Å². The highest BCUT2D eigenvalue weighted by molar-refractivity contribution is 7.15. The summed E-state index contributed by atoms with van der Waals surface area (Å²) in [6, 6.07) is 10.1. The predicted octanol–water partition coefficient (Wildman–Crippen LogP) is 4.28. The summed E-state index contributed by atoms with van der Waals surface area (Å²) >= 11 is 1.66. The Labute approximate surface area is 127 Å². The van der Waals surface area contributed by atoms with Crippen LogP contribution in [0.15, 0.2) is 34.9 Å². The second-order valence-corrected chi connectivity index (χ2v) is 6.17. The molecule has 4 nitrogen and oxygen atoms in total. The van der Waals surface area contributed by atoms with Gasteiger partial charge >= 0.3 is 0 Å². The highest BCUT2D eigenvalue weighted by Gasteiger charge is 2.21. The Morgan fingerprint density at radius 1 is 1.19 bits per heavy atom. The lowest BCUT2D eigenvalue weighted by Crippen LogP contribution is -1.92. The van der Waals surface area contributed by atoms with Crippen LogP contribution in [0.25, 0.3) is 21.7 Å². The van der Waals surface area contributed by atoms with E-state index < -0.39 is 0 Å². The first-order valence-electron chi connectivity index (χ1n) is 6.57. The molecule has 0 aliphatic rings. The zero-order chi connectivity index (χ0) is 15.0. The summed E-state index contributed by atoms with van der Waals surface area (Å²) in [6.07, 6.45) is 0. The van der Waals surface area contributed by atoms with E-state index in [-0.39, 0.29) is 0 Å². The van der Waals surface area contributed by atoms with E-state index in [2.05, 4.69) is 18.1 Å². The predicted molar refractivity (Wildman–Crippen MR) is 85.7 cm³/mol. The van der Waals surface area contributed by atoms with Crippen LogP contribution in [-0.4, -0.2) is 12.3 Å². The molecule has 2 heterocycles. The van der Waals surface area contributed by atoms with Gasteiger partial charge in [0.25, 0.3) is 0 Å². The molecule has 0 saturated heterocycles. The third-order valence-corrected chi connectivity index (χ3v) is 4.32. The van der Waals surface area contributed by atoms with Gasteiger partial charge in [-0.2, -0.15) is 0 Å². The van der Waals surface area contributed by atoms with Gasteiger partial charge in [0.15, 0.2) is 0 Å². The van der Waals surface area contributed by atoms with E-state index in [9.17, 15) is 0 Å². The van der Waals surface area contributed by atoms with E-state index in [0.29, 0.717) is 5.88 Å². The number of benzene rings is 1. The van der Waals surface area contributed by atoms with Crippen LogP contribution in [0.4, 0.5) is 5.88 Å². The molecule has 0 amide bonds. The van der Waals surface area contributed by atoms with Gasteiger partial charge in [-0.25, -0.2) is 0 Å². The minimum atomic E-state index is 0.306. The molecule has 0 spiro atoms. The molecule has 0 radical (unpaired) electrons. The van der Waals surface area contributed by atoms with Gasteiger partial charge in [-0.15, -0.1) is 11.3 Å². The van der Waals surface area contributed by atoms with Crippen LogP contribution in [-0.2, 0) is 0 Å². The Kier molecular flexibility index (Phi) is 3.43. The second kappa shape index (κ2) is 5.26. The number of nitrogens with zero attached hydrogens (tertiary/aromatic N) is 1. The van der Waals surface area contributed by atoms with Crippen molar-refractivity contribution in [1.29, 1.82) is 0 Å². The lowest BCUT2D eigenvalue weighted by atomic mass is 10.0. The fraction of sp³-hybridized carbons (Fsp3) is 0.188. The molecular weight excluding hydrogens is 284 g/mol. The number of ether oxygens (including phenoxy) is 1. The van der Waals surface area contributed by atoms with Crippen molar-refractivity contribution in [2.45, 2.75) is 13.8 Å². The van der Waals surface area contributed by atoms with Crippen LogP contribution in [0, 0.1) is 13.8 Å². The maximum Gasteiger partial charge on any atom is 0.230 e. The van der Waals surface area contributed by atoms with E-state index in [1.165, 1.54) is 4.88 Å². The molecular formula is C16H16N2O2S. The first-order valence-corrected chi connectivity index (χ1v) is 7.38. The van der Waals surface area contributed by atoms with Gasteiger partial charge in [-0.1, -0.05) is 16.8 Å². The zero-order valence-electron chi connectivity index (χ0n) is 12.1. The van der Waals surface area contributed by atoms with Crippen LogP contribution in [0.3, 0.4) is 0 Å². The monoisotopic (exact) mass is 300 g/mol. The molecule has 108 valence electrons. The van der Waals surface area contributed by atoms with Gasteiger partial charge in [-0.3, -0.25) is 0 Å². The van der Waals surface area contributed by atoms with E-state index in [1.807, 2.05) is 31.2 Å². The summed E-state index contributed by atoms with van der Waals surface area (Å²) < 4.78 is 10.7. The van der Waals surface area contributed by atoms with Crippen LogP contribution in [0.1, 0.15) is 10.4 Å². The largest absolute Gasteiger partial charge is 0.496 e. The van der Waals surface area contributed by atoms with Gasteiger partial charge in [0.05, 0.1) is 17.6 Å². The molecule has 2 aromatic heterocycles. The fourth-order valence-electron chi connectivity index (χ4n) is 2.31. The molecule has 0 aliphatic heterocycles. The minimum absolute atomic E-state index is 0.306. The number of aryl methyl sites for hydroxylation is 2. The lowest BCUT2D eigenvalue weighted by molar-refractivity contribution is 0.416. The van der Waals surface area contributed by atoms with E-state index in [1.54, 1.807) is 18.4 Å². The van der Waals surface area contributed by atoms with Crippen molar-refractivity contribution in [3.63, 3.8) is 0 Å². The number of hydrogen-bond donors (Lipinski definition) is 1. The third-order valence-electron chi connectivity index (χ3n) is 3.32. The maximum absolute atomic E-state index is 6.01. The van der Waals surface area contributed by atoms with Crippen LogP contribution >= 0.6 is 11.3 Å². The first-order chi connectivity index (χ1) is 10.1. The van der Waals surface area contributed by atoms with E-state index in [4.69, 9.17) is 15.0 Å². The normalized spacial score (nSPS) is 10.8. The molecule has 3 aromatic rings. The number of thiophene rings is 1. The molecule has 21 heavy (non-hydrogen) atoms. The van der Waals surface area contributed by atoms with Crippen LogP contribution in [0.5, 0.6) is 5.75 Å². The summed E-state index contributed by atoms with van der Waals surface area (Å²) in [6.45, 7) is 4.09. The molecule has 0 unspecified atom stereocenters. The topological polar surface area (TPSA) is 61.3 Å². The molecule has 1 aromatic carbocycles. The number of anilines is 1. The molecule has 3 rings (SSSR count). The van der Waals surface area contributed by atoms with Crippen molar-refractivity contribution in [3.8, 4) is 27.4 Å². The smallest absolute Gasteiger partial charge is 0.230 e.